The minimum absolute atomic E-state index is 0.0201. The minimum atomic E-state index is -0.893. The van der Waals surface area contributed by atoms with Crippen molar-refractivity contribution in [1.29, 1.82) is 0 Å². The lowest BCUT2D eigenvalue weighted by Gasteiger charge is -2.35. The maximum atomic E-state index is 11.0. The first kappa shape index (κ1) is 13.3. The Morgan fingerprint density at radius 2 is 2.37 bits per heavy atom. The van der Waals surface area contributed by atoms with Gasteiger partial charge in [0.05, 0.1) is 11.3 Å². The van der Waals surface area contributed by atoms with Crippen LogP contribution in [-0.4, -0.2) is 33.6 Å². The van der Waals surface area contributed by atoms with Crippen LogP contribution in [0.2, 0.25) is 0 Å². The fourth-order valence-electron chi connectivity index (χ4n) is 2.45. The molecule has 2 heterocycles. The lowest BCUT2D eigenvalue weighted by Crippen LogP contribution is -2.41. The third-order valence-corrected chi connectivity index (χ3v) is 3.27. The van der Waals surface area contributed by atoms with Crippen molar-refractivity contribution in [3.63, 3.8) is 0 Å². The SMILES string of the molecule is O=C(O)CC1CCCCN1c1ncccc1[N+](=O)[O-]. The quantitative estimate of drug-likeness (QED) is 0.658. The Kier molecular flexibility index (Phi) is 3.94. The molecule has 1 unspecified atom stereocenters. The van der Waals surface area contributed by atoms with Gasteiger partial charge in [-0.3, -0.25) is 14.9 Å². The molecule has 0 aromatic carbocycles. The predicted molar refractivity (Wildman–Crippen MR) is 68.1 cm³/mol. The molecule has 1 aromatic rings. The fourth-order valence-corrected chi connectivity index (χ4v) is 2.45. The van der Waals surface area contributed by atoms with E-state index in [1.807, 2.05) is 0 Å². The number of carboxylic acids is 1. The molecule has 19 heavy (non-hydrogen) atoms. The van der Waals surface area contributed by atoms with E-state index < -0.39 is 10.9 Å². The summed E-state index contributed by atoms with van der Waals surface area (Å²) in [7, 11) is 0. The van der Waals surface area contributed by atoms with Crippen LogP contribution in [0.4, 0.5) is 11.5 Å². The zero-order chi connectivity index (χ0) is 13.8. The topological polar surface area (TPSA) is 96.6 Å². The van der Waals surface area contributed by atoms with Crippen molar-refractivity contribution in [2.45, 2.75) is 31.7 Å². The largest absolute Gasteiger partial charge is 0.481 e. The molecular formula is C12H15N3O4. The summed E-state index contributed by atoms with van der Waals surface area (Å²) in [6.45, 7) is 0.607. The van der Waals surface area contributed by atoms with E-state index in [1.54, 1.807) is 4.90 Å². The van der Waals surface area contributed by atoms with Crippen molar-refractivity contribution < 1.29 is 14.8 Å². The van der Waals surface area contributed by atoms with E-state index in [0.29, 0.717) is 6.54 Å². The Labute approximate surface area is 110 Å². The maximum absolute atomic E-state index is 11.0. The van der Waals surface area contributed by atoms with Crippen LogP contribution >= 0.6 is 0 Å². The molecule has 0 bridgehead atoms. The number of carboxylic acid groups (broad SMARTS) is 1. The summed E-state index contributed by atoms with van der Waals surface area (Å²) in [5.41, 5.74) is -0.0696. The number of anilines is 1. The van der Waals surface area contributed by atoms with E-state index in [2.05, 4.69) is 4.98 Å². The van der Waals surface area contributed by atoms with Crippen LogP contribution in [-0.2, 0) is 4.79 Å². The standard InChI is InChI=1S/C12H15N3O4/c16-11(17)8-9-4-1-2-7-14(9)12-10(15(18)19)5-3-6-13-12/h3,5-6,9H,1-2,4,7-8H2,(H,16,17). The highest BCUT2D eigenvalue weighted by Crippen LogP contribution is 2.31. The number of aromatic nitrogens is 1. The summed E-state index contributed by atoms with van der Waals surface area (Å²) in [6.07, 6.45) is 4.03. The van der Waals surface area contributed by atoms with Gasteiger partial charge >= 0.3 is 11.7 Å². The summed E-state index contributed by atoms with van der Waals surface area (Å²) in [4.78, 5) is 27.3. The fraction of sp³-hybridized carbons (Fsp3) is 0.500. The first-order valence-corrected chi connectivity index (χ1v) is 6.17. The number of piperidine rings is 1. The normalized spacial score (nSPS) is 19.2. The van der Waals surface area contributed by atoms with Crippen LogP contribution in [0, 0.1) is 10.1 Å². The second-order valence-corrected chi connectivity index (χ2v) is 4.54. The third kappa shape index (κ3) is 2.98. The molecule has 1 aliphatic rings. The number of carbonyl (C=O) groups is 1. The molecule has 7 heteroatoms. The van der Waals surface area contributed by atoms with Crippen LogP contribution in [0.15, 0.2) is 18.3 Å². The van der Waals surface area contributed by atoms with Crippen LogP contribution in [0.25, 0.3) is 0 Å². The van der Waals surface area contributed by atoms with E-state index in [-0.39, 0.29) is 24.0 Å². The highest BCUT2D eigenvalue weighted by molar-refractivity contribution is 5.69. The van der Waals surface area contributed by atoms with Crippen molar-refractivity contribution in [2.24, 2.45) is 0 Å². The second kappa shape index (κ2) is 5.64. The molecule has 1 atom stereocenters. The van der Waals surface area contributed by atoms with Gasteiger partial charge in [0.25, 0.3) is 0 Å². The van der Waals surface area contributed by atoms with Gasteiger partial charge in [0.1, 0.15) is 0 Å². The highest BCUT2D eigenvalue weighted by Gasteiger charge is 2.30. The van der Waals surface area contributed by atoms with E-state index >= 15 is 0 Å². The zero-order valence-electron chi connectivity index (χ0n) is 10.4. The molecular weight excluding hydrogens is 250 g/mol. The molecule has 1 saturated heterocycles. The molecule has 7 nitrogen and oxygen atoms in total. The van der Waals surface area contributed by atoms with Gasteiger partial charge in [-0.1, -0.05) is 0 Å². The average molecular weight is 265 g/mol. The van der Waals surface area contributed by atoms with E-state index in [4.69, 9.17) is 5.11 Å². The Morgan fingerprint density at radius 3 is 3.05 bits per heavy atom. The van der Waals surface area contributed by atoms with E-state index in [0.717, 1.165) is 19.3 Å². The zero-order valence-corrected chi connectivity index (χ0v) is 10.4. The average Bonchev–Trinajstić information content (AvgIpc) is 2.38. The Balaban J connectivity index is 2.32. The van der Waals surface area contributed by atoms with Crippen molar-refractivity contribution in [3.8, 4) is 0 Å². The summed E-state index contributed by atoms with van der Waals surface area (Å²) in [5, 5.41) is 19.9. The number of rotatable bonds is 4. The first-order valence-electron chi connectivity index (χ1n) is 6.17. The Bertz CT molecular complexity index is 492. The summed E-state index contributed by atoms with van der Waals surface area (Å²) in [6, 6.07) is 2.69. The van der Waals surface area contributed by atoms with Gasteiger partial charge in [0, 0.05) is 24.8 Å². The summed E-state index contributed by atoms with van der Waals surface area (Å²) in [5.74, 6) is -0.617. The number of nitro groups is 1. The van der Waals surface area contributed by atoms with Crippen LogP contribution in [0.1, 0.15) is 25.7 Å². The Hall–Kier alpha value is -2.18. The van der Waals surface area contributed by atoms with Crippen molar-refractivity contribution in [1.82, 2.24) is 4.98 Å². The van der Waals surface area contributed by atoms with Gasteiger partial charge < -0.3 is 10.0 Å². The van der Waals surface area contributed by atoms with Gasteiger partial charge in [0.15, 0.2) is 0 Å². The summed E-state index contributed by atoms with van der Waals surface area (Å²) >= 11 is 0. The van der Waals surface area contributed by atoms with Crippen LogP contribution in [0.5, 0.6) is 0 Å². The van der Waals surface area contributed by atoms with Crippen LogP contribution < -0.4 is 4.90 Å². The second-order valence-electron chi connectivity index (χ2n) is 4.54. The summed E-state index contributed by atoms with van der Waals surface area (Å²) < 4.78 is 0. The molecule has 1 N–H and O–H groups in total. The van der Waals surface area contributed by atoms with Gasteiger partial charge in [-0.05, 0) is 25.3 Å². The van der Waals surface area contributed by atoms with Crippen molar-refractivity contribution in [3.05, 3.63) is 28.4 Å². The van der Waals surface area contributed by atoms with Crippen molar-refractivity contribution >= 4 is 17.5 Å². The molecule has 102 valence electrons. The number of nitrogens with zero attached hydrogens (tertiary/aromatic N) is 3. The molecule has 2 rings (SSSR count). The molecule has 0 amide bonds. The van der Waals surface area contributed by atoms with Gasteiger partial charge in [-0.15, -0.1) is 0 Å². The number of hydrogen-bond donors (Lipinski definition) is 1. The van der Waals surface area contributed by atoms with Gasteiger partial charge in [0.2, 0.25) is 5.82 Å². The smallest absolute Gasteiger partial charge is 0.311 e. The minimum Gasteiger partial charge on any atom is -0.481 e. The molecule has 1 aromatic heterocycles. The Morgan fingerprint density at radius 1 is 1.58 bits per heavy atom. The molecule has 0 radical (unpaired) electrons. The maximum Gasteiger partial charge on any atom is 0.311 e. The number of hydrogen-bond acceptors (Lipinski definition) is 5. The lowest BCUT2D eigenvalue weighted by molar-refractivity contribution is -0.384. The van der Waals surface area contributed by atoms with Gasteiger partial charge in [-0.25, -0.2) is 4.98 Å². The molecule has 1 aliphatic heterocycles. The number of pyridine rings is 1. The number of aliphatic carboxylic acids is 1. The molecule has 0 aliphatic carbocycles. The molecule has 0 saturated carbocycles. The predicted octanol–water partition coefficient (Wildman–Crippen LogP) is 1.82. The highest BCUT2D eigenvalue weighted by atomic mass is 16.6. The molecule has 1 fully saturated rings. The van der Waals surface area contributed by atoms with Crippen molar-refractivity contribution in [2.75, 3.05) is 11.4 Å². The third-order valence-electron chi connectivity index (χ3n) is 3.27. The monoisotopic (exact) mass is 265 g/mol. The first-order chi connectivity index (χ1) is 9.09. The lowest BCUT2D eigenvalue weighted by atomic mass is 9.99. The van der Waals surface area contributed by atoms with E-state index in [9.17, 15) is 14.9 Å². The van der Waals surface area contributed by atoms with Gasteiger partial charge in [-0.2, -0.15) is 0 Å². The van der Waals surface area contributed by atoms with Crippen LogP contribution in [0.3, 0.4) is 0 Å². The molecule has 0 spiro atoms. The van der Waals surface area contributed by atoms with E-state index in [1.165, 1.54) is 18.3 Å².